The summed E-state index contributed by atoms with van der Waals surface area (Å²) < 4.78 is 5.55. The Morgan fingerprint density at radius 3 is 2.26 bits per heavy atom. The van der Waals surface area contributed by atoms with Crippen molar-refractivity contribution in [2.24, 2.45) is 11.8 Å². The average molecular weight is 517 g/mol. The van der Waals surface area contributed by atoms with Gasteiger partial charge >= 0.3 is 6.09 Å². The molecule has 5 rings (SSSR count). The van der Waals surface area contributed by atoms with Gasteiger partial charge in [0.25, 0.3) is 11.5 Å². The van der Waals surface area contributed by atoms with Gasteiger partial charge in [-0.1, -0.05) is 44.2 Å². The van der Waals surface area contributed by atoms with E-state index in [1.165, 1.54) is 0 Å². The van der Waals surface area contributed by atoms with Crippen molar-refractivity contribution in [1.82, 2.24) is 20.0 Å². The molecule has 2 saturated heterocycles. The molecule has 8 heteroatoms. The van der Waals surface area contributed by atoms with E-state index in [-0.39, 0.29) is 35.3 Å². The zero-order valence-corrected chi connectivity index (χ0v) is 22.8. The molecule has 2 aliphatic heterocycles. The van der Waals surface area contributed by atoms with Crippen LogP contribution in [0.4, 0.5) is 4.79 Å². The molecular formula is C30H36N4O4. The molecule has 2 aliphatic rings. The lowest BCUT2D eigenvalue weighted by molar-refractivity contribution is 0.0275. The number of hydrogen-bond acceptors (Lipinski definition) is 5. The molecule has 0 saturated carbocycles. The Labute approximate surface area is 223 Å². The maximum Gasteiger partial charge on any atom is 0.410 e. The summed E-state index contributed by atoms with van der Waals surface area (Å²) in [6.07, 6.45) is 0.231. The topological polar surface area (TPSA) is 95.6 Å². The number of nitrogens with zero attached hydrogens (tertiary/aromatic N) is 3. The molecule has 38 heavy (non-hydrogen) atoms. The van der Waals surface area contributed by atoms with Crippen LogP contribution in [-0.4, -0.2) is 63.8 Å². The maximum atomic E-state index is 13.8. The van der Waals surface area contributed by atoms with Gasteiger partial charge in [0, 0.05) is 55.4 Å². The van der Waals surface area contributed by atoms with Crippen molar-refractivity contribution >= 4 is 22.8 Å². The molecule has 0 spiro atoms. The van der Waals surface area contributed by atoms with Gasteiger partial charge in [-0.2, -0.15) is 5.10 Å². The molecule has 8 nitrogen and oxygen atoms in total. The molecule has 2 fully saturated rings. The fourth-order valence-corrected chi connectivity index (χ4v) is 5.71. The Hall–Kier alpha value is -3.68. The Bertz CT molecular complexity index is 1420. The minimum Gasteiger partial charge on any atom is -0.444 e. The van der Waals surface area contributed by atoms with Crippen LogP contribution < -0.4 is 5.56 Å². The van der Waals surface area contributed by atoms with Gasteiger partial charge < -0.3 is 14.5 Å². The van der Waals surface area contributed by atoms with E-state index in [9.17, 15) is 14.4 Å². The number of amides is 2. The number of benzene rings is 2. The first-order chi connectivity index (χ1) is 18.0. The predicted molar refractivity (Wildman–Crippen MR) is 146 cm³/mol. The Morgan fingerprint density at radius 2 is 1.63 bits per heavy atom. The number of aromatic amines is 1. The van der Waals surface area contributed by atoms with Crippen LogP contribution in [0.25, 0.3) is 10.8 Å². The first kappa shape index (κ1) is 25.9. The number of nitrogens with one attached hydrogen (secondary N) is 1. The Kier molecular flexibility index (Phi) is 6.75. The maximum absolute atomic E-state index is 13.8. The number of rotatable bonds is 4. The third-order valence-corrected chi connectivity index (χ3v) is 7.54. The van der Waals surface area contributed by atoms with Crippen molar-refractivity contribution in [1.29, 1.82) is 0 Å². The molecule has 200 valence electrons. The number of carbonyl (C=O) groups is 2. The van der Waals surface area contributed by atoms with Crippen LogP contribution in [0.2, 0.25) is 0 Å². The number of carbonyl (C=O) groups excluding carboxylic acids is 2. The van der Waals surface area contributed by atoms with Crippen LogP contribution in [-0.2, 0) is 11.2 Å². The van der Waals surface area contributed by atoms with E-state index in [4.69, 9.17) is 4.74 Å². The molecular weight excluding hydrogens is 480 g/mol. The molecule has 1 N–H and O–H groups in total. The van der Waals surface area contributed by atoms with Crippen LogP contribution in [0.15, 0.2) is 47.3 Å². The van der Waals surface area contributed by atoms with Gasteiger partial charge in [-0.25, -0.2) is 9.89 Å². The third-order valence-electron chi connectivity index (χ3n) is 7.54. The van der Waals surface area contributed by atoms with Crippen LogP contribution in [0, 0.1) is 11.8 Å². The normalized spacial score (nSPS) is 19.3. The van der Waals surface area contributed by atoms with Crippen molar-refractivity contribution in [3.8, 4) is 0 Å². The van der Waals surface area contributed by atoms with Gasteiger partial charge in [0.1, 0.15) is 5.60 Å². The van der Waals surface area contributed by atoms with Gasteiger partial charge in [0.2, 0.25) is 0 Å². The number of fused-ring (bicyclic) bond motifs is 2. The quantitative estimate of drug-likeness (QED) is 0.548. The van der Waals surface area contributed by atoms with E-state index >= 15 is 0 Å². The highest BCUT2D eigenvalue weighted by Gasteiger charge is 2.44. The number of ether oxygens (including phenoxy) is 1. The lowest BCUT2D eigenvalue weighted by Gasteiger charge is -2.26. The average Bonchev–Trinajstić information content (AvgIpc) is 3.44. The SMILES string of the molecule is CC(C)c1ccc(Cc2n[nH]c(=O)c3ccccc23)cc1C(=O)N1CC2CN(C(=O)OC(C)(C)C)CC2C1. The van der Waals surface area contributed by atoms with Crippen molar-refractivity contribution in [2.45, 2.75) is 52.6 Å². The lowest BCUT2D eigenvalue weighted by atomic mass is 9.93. The van der Waals surface area contributed by atoms with Crippen LogP contribution in [0.5, 0.6) is 0 Å². The predicted octanol–water partition coefficient (Wildman–Crippen LogP) is 4.58. The first-order valence-electron chi connectivity index (χ1n) is 13.4. The van der Waals surface area contributed by atoms with E-state index < -0.39 is 5.60 Å². The molecule has 1 aromatic heterocycles. The summed E-state index contributed by atoms with van der Waals surface area (Å²) in [5.74, 6) is 0.746. The van der Waals surface area contributed by atoms with E-state index in [0.717, 1.165) is 27.8 Å². The van der Waals surface area contributed by atoms with Crippen molar-refractivity contribution in [2.75, 3.05) is 26.2 Å². The van der Waals surface area contributed by atoms with Gasteiger partial charge in [-0.3, -0.25) is 9.59 Å². The summed E-state index contributed by atoms with van der Waals surface area (Å²) in [5, 5.41) is 8.35. The van der Waals surface area contributed by atoms with Crippen molar-refractivity contribution in [3.05, 3.63) is 75.2 Å². The van der Waals surface area contributed by atoms with E-state index in [1.54, 1.807) is 11.0 Å². The summed E-state index contributed by atoms with van der Waals surface area (Å²) >= 11 is 0. The highest BCUT2D eigenvalue weighted by molar-refractivity contribution is 5.96. The number of likely N-dealkylation sites (tertiary alicyclic amines) is 2. The fraction of sp³-hybridized carbons (Fsp3) is 0.467. The van der Waals surface area contributed by atoms with Gasteiger partial charge in [0.05, 0.1) is 11.1 Å². The lowest BCUT2D eigenvalue weighted by Crippen LogP contribution is -2.38. The summed E-state index contributed by atoms with van der Waals surface area (Å²) in [4.78, 5) is 42.3. The zero-order chi connectivity index (χ0) is 27.2. The van der Waals surface area contributed by atoms with Gasteiger partial charge in [0.15, 0.2) is 0 Å². The monoisotopic (exact) mass is 516 g/mol. The molecule has 2 unspecified atom stereocenters. The Morgan fingerprint density at radius 1 is 1.00 bits per heavy atom. The Balaban J connectivity index is 1.35. The molecule has 2 aromatic carbocycles. The first-order valence-corrected chi connectivity index (χ1v) is 13.4. The van der Waals surface area contributed by atoms with Gasteiger partial charge in [-0.15, -0.1) is 0 Å². The zero-order valence-electron chi connectivity index (χ0n) is 22.8. The summed E-state index contributed by atoms with van der Waals surface area (Å²) in [7, 11) is 0. The van der Waals surface area contributed by atoms with Gasteiger partial charge in [-0.05, 0) is 49.9 Å². The largest absolute Gasteiger partial charge is 0.444 e. The van der Waals surface area contributed by atoms with Crippen molar-refractivity contribution < 1.29 is 14.3 Å². The summed E-state index contributed by atoms with van der Waals surface area (Å²) in [6.45, 7) is 12.3. The third kappa shape index (κ3) is 5.17. The van der Waals surface area contributed by atoms with E-state index in [2.05, 4.69) is 24.0 Å². The summed E-state index contributed by atoms with van der Waals surface area (Å²) in [6, 6.07) is 13.5. The van der Waals surface area contributed by atoms with E-state index in [0.29, 0.717) is 38.0 Å². The number of H-pyrrole nitrogens is 1. The van der Waals surface area contributed by atoms with Crippen molar-refractivity contribution in [3.63, 3.8) is 0 Å². The molecule has 3 heterocycles. The molecule has 3 aromatic rings. The molecule has 2 atom stereocenters. The minimum atomic E-state index is -0.522. The second-order valence-corrected chi connectivity index (χ2v) is 11.9. The minimum absolute atomic E-state index is 0.0352. The molecule has 0 bridgehead atoms. The second-order valence-electron chi connectivity index (χ2n) is 11.9. The smallest absolute Gasteiger partial charge is 0.410 e. The number of aromatic nitrogens is 2. The second kappa shape index (κ2) is 9.89. The summed E-state index contributed by atoms with van der Waals surface area (Å²) in [5.41, 5.74) is 2.75. The molecule has 0 aliphatic carbocycles. The van der Waals surface area contributed by atoms with Crippen LogP contribution in [0.1, 0.15) is 67.7 Å². The molecule has 0 radical (unpaired) electrons. The number of hydrogen-bond donors (Lipinski definition) is 1. The van der Waals surface area contributed by atoms with Crippen LogP contribution in [0.3, 0.4) is 0 Å². The highest BCUT2D eigenvalue weighted by Crippen LogP contribution is 2.34. The highest BCUT2D eigenvalue weighted by atomic mass is 16.6. The molecule has 2 amide bonds. The fourth-order valence-electron chi connectivity index (χ4n) is 5.71. The van der Waals surface area contributed by atoms with E-state index in [1.807, 2.05) is 62.1 Å². The standard InChI is InChI=1S/C30H36N4O4/c1-18(2)22-11-10-19(13-26-23-8-6-7-9-24(23)27(35)32-31-26)12-25(22)28(36)33-14-20-16-34(17-21(20)15-33)29(37)38-30(3,4)5/h6-12,18,20-21H,13-17H2,1-5H3,(H,32,35). The van der Waals surface area contributed by atoms with Crippen LogP contribution >= 0.6 is 0 Å².